The number of carbonyl (C=O) groups excluding carboxylic acids is 1. The highest BCUT2D eigenvalue weighted by molar-refractivity contribution is 5.92. The summed E-state index contributed by atoms with van der Waals surface area (Å²) in [5.74, 6) is 0.843. The van der Waals surface area contributed by atoms with Gasteiger partial charge in [-0.25, -0.2) is 4.98 Å². The summed E-state index contributed by atoms with van der Waals surface area (Å²) in [5, 5.41) is 0. The molecule has 1 aliphatic heterocycles. The van der Waals surface area contributed by atoms with Gasteiger partial charge in [0.25, 0.3) is 0 Å². The average Bonchev–Trinajstić information content (AvgIpc) is 2.61. The third kappa shape index (κ3) is 3.27. The lowest BCUT2D eigenvalue weighted by Crippen LogP contribution is -2.42. The van der Waals surface area contributed by atoms with E-state index in [0.29, 0.717) is 13.0 Å². The molecule has 0 saturated carbocycles. The van der Waals surface area contributed by atoms with Crippen molar-refractivity contribution in [1.82, 2.24) is 9.88 Å². The van der Waals surface area contributed by atoms with E-state index in [0.717, 1.165) is 18.8 Å². The second-order valence-corrected chi connectivity index (χ2v) is 5.99. The van der Waals surface area contributed by atoms with E-state index in [4.69, 9.17) is 0 Å². The van der Waals surface area contributed by atoms with Gasteiger partial charge in [0.1, 0.15) is 5.82 Å². The first-order chi connectivity index (χ1) is 11.2. The number of hydrogen-bond donors (Lipinski definition) is 0. The van der Waals surface area contributed by atoms with Gasteiger partial charge in [0.15, 0.2) is 0 Å². The summed E-state index contributed by atoms with van der Waals surface area (Å²) >= 11 is 0. The van der Waals surface area contributed by atoms with Gasteiger partial charge < -0.3 is 0 Å². The zero-order valence-corrected chi connectivity index (χ0v) is 13.8. The van der Waals surface area contributed by atoms with Gasteiger partial charge in [-0.2, -0.15) is 0 Å². The van der Waals surface area contributed by atoms with Crippen molar-refractivity contribution >= 4 is 11.7 Å². The fourth-order valence-corrected chi connectivity index (χ4v) is 3.22. The number of pyridine rings is 1. The SMILES string of the molecule is CCC(=O)N(CC1c2ccccc2CCN1C)c1ccccn1. The van der Waals surface area contributed by atoms with Crippen molar-refractivity contribution in [3.05, 3.63) is 59.8 Å². The van der Waals surface area contributed by atoms with Crippen LogP contribution in [0.15, 0.2) is 48.7 Å². The molecule has 0 aliphatic carbocycles. The predicted molar refractivity (Wildman–Crippen MR) is 92.4 cm³/mol. The molecule has 1 aromatic heterocycles. The van der Waals surface area contributed by atoms with E-state index in [1.807, 2.05) is 30.0 Å². The number of nitrogens with zero attached hydrogens (tertiary/aromatic N) is 3. The second-order valence-electron chi connectivity index (χ2n) is 5.99. The molecule has 2 aromatic rings. The number of amides is 1. The van der Waals surface area contributed by atoms with Crippen LogP contribution in [0.25, 0.3) is 0 Å². The van der Waals surface area contributed by atoms with Crippen LogP contribution in [0.1, 0.15) is 30.5 Å². The number of hydrogen-bond acceptors (Lipinski definition) is 3. The topological polar surface area (TPSA) is 36.4 Å². The Hall–Kier alpha value is -2.20. The van der Waals surface area contributed by atoms with Gasteiger partial charge in [-0.1, -0.05) is 37.3 Å². The lowest BCUT2D eigenvalue weighted by molar-refractivity contribution is -0.118. The molecular weight excluding hydrogens is 286 g/mol. The summed E-state index contributed by atoms with van der Waals surface area (Å²) in [6.45, 7) is 3.55. The second kappa shape index (κ2) is 6.92. The van der Waals surface area contributed by atoms with E-state index in [1.165, 1.54) is 11.1 Å². The molecule has 4 heteroatoms. The Morgan fingerprint density at radius 2 is 2.04 bits per heavy atom. The highest BCUT2D eigenvalue weighted by atomic mass is 16.2. The molecule has 120 valence electrons. The number of carbonyl (C=O) groups is 1. The number of likely N-dealkylation sites (N-methyl/N-ethyl adjacent to an activating group) is 1. The van der Waals surface area contributed by atoms with Crippen molar-refractivity contribution in [2.24, 2.45) is 0 Å². The molecule has 4 nitrogen and oxygen atoms in total. The van der Waals surface area contributed by atoms with Crippen LogP contribution < -0.4 is 4.90 Å². The van der Waals surface area contributed by atoms with E-state index in [-0.39, 0.29) is 11.9 Å². The van der Waals surface area contributed by atoms with Crippen LogP contribution in [0.5, 0.6) is 0 Å². The van der Waals surface area contributed by atoms with Gasteiger partial charge in [-0.05, 0) is 36.7 Å². The average molecular weight is 309 g/mol. The standard InChI is InChI=1S/C19H23N3O/c1-3-19(23)22(18-10-6-7-12-20-18)14-17-16-9-5-4-8-15(16)11-13-21(17)2/h4-10,12,17H,3,11,13-14H2,1-2H3. The molecule has 0 bridgehead atoms. The van der Waals surface area contributed by atoms with Crippen LogP contribution in [0.2, 0.25) is 0 Å². The van der Waals surface area contributed by atoms with E-state index in [1.54, 1.807) is 6.20 Å². The number of fused-ring (bicyclic) bond motifs is 1. The summed E-state index contributed by atoms with van der Waals surface area (Å²) in [6.07, 6.45) is 3.28. The van der Waals surface area contributed by atoms with Gasteiger partial charge in [-0.3, -0.25) is 14.6 Å². The Labute approximate surface area is 137 Å². The van der Waals surface area contributed by atoms with Gasteiger partial charge >= 0.3 is 0 Å². The van der Waals surface area contributed by atoms with E-state index in [2.05, 4.69) is 41.2 Å². The van der Waals surface area contributed by atoms with Crippen LogP contribution in [-0.2, 0) is 11.2 Å². The Bertz CT molecular complexity index is 671. The third-order valence-corrected chi connectivity index (χ3v) is 4.56. The smallest absolute Gasteiger partial charge is 0.227 e. The Morgan fingerprint density at radius 1 is 1.26 bits per heavy atom. The first-order valence-corrected chi connectivity index (χ1v) is 8.20. The third-order valence-electron chi connectivity index (χ3n) is 4.56. The zero-order valence-electron chi connectivity index (χ0n) is 13.8. The highest BCUT2D eigenvalue weighted by Gasteiger charge is 2.28. The first kappa shape index (κ1) is 15.7. The van der Waals surface area contributed by atoms with E-state index >= 15 is 0 Å². The van der Waals surface area contributed by atoms with Gasteiger partial charge in [0.05, 0.1) is 6.04 Å². The monoisotopic (exact) mass is 309 g/mol. The van der Waals surface area contributed by atoms with Gasteiger partial charge in [0.2, 0.25) is 5.91 Å². The maximum Gasteiger partial charge on any atom is 0.227 e. The lowest BCUT2D eigenvalue weighted by atomic mass is 9.92. The minimum Gasteiger partial charge on any atom is -0.297 e. The van der Waals surface area contributed by atoms with Crippen molar-refractivity contribution in [3.8, 4) is 0 Å². The van der Waals surface area contributed by atoms with Crippen LogP contribution in [0.3, 0.4) is 0 Å². The molecule has 0 saturated heterocycles. The van der Waals surface area contributed by atoms with Crippen LogP contribution in [0.4, 0.5) is 5.82 Å². The number of rotatable bonds is 4. The minimum atomic E-state index is 0.111. The predicted octanol–water partition coefficient (Wildman–Crippen LogP) is 3.05. The quantitative estimate of drug-likeness (QED) is 0.871. The first-order valence-electron chi connectivity index (χ1n) is 8.20. The molecule has 1 aliphatic rings. The number of benzene rings is 1. The zero-order chi connectivity index (χ0) is 16.2. The fourth-order valence-electron chi connectivity index (χ4n) is 3.22. The normalized spacial score (nSPS) is 17.6. The molecular formula is C19H23N3O. The van der Waals surface area contributed by atoms with Crippen molar-refractivity contribution in [1.29, 1.82) is 0 Å². The molecule has 0 spiro atoms. The number of aromatic nitrogens is 1. The van der Waals surface area contributed by atoms with Crippen molar-refractivity contribution < 1.29 is 4.79 Å². The largest absolute Gasteiger partial charge is 0.297 e. The summed E-state index contributed by atoms with van der Waals surface area (Å²) < 4.78 is 0. The molecule has 1 atom stereocenters. The summed E-state index contributed by atoms with van der Waals surface area (Å²) in [5.41, 5.74) is 2.71. The van der Waals surface area contributed by atoms with Crippen LogP contribution in [-0.4, -0.2) is 35.9 Å². The molecule has 1 aromatic carbocycles. The van der Waals surface area contributed by atoms with Crippen molar-refractivity contribution in [2.75, 3.05) is 25.0 Å². The molecule has 0 fully saturated rings. The highest BCUT2D eigenvalue weighted by Crippen LogP contribution is 2.30. The summed E-state index contributed by atoms with van der Waals surface area (Å²) in [4.78, 5) is 21.0. The van der Waals surface area contributed by atoms with E-state index < -0.39 is 0 Å². The Morgan fingerprint density at radius 3 is 2.78 bits per heavy atom. The Balaban J connectivity index is 1.92. The van der Waals surface area contributed by atoms with Crippen molar-refractivity contribution in [3.63, 3.8) is 0 Å². The maximum absolute atomic E-state index is 12.5. The molecule has 0 N–H and O–H groups in total. The van der Waals surface area contributed by atoms with E-state index in [9.17, 15) is 4.79 Å². The summed E-state index contributed by atoms with van der Waals surface area (Å²) in [6, 6.07) is 14.5. The van der Waals surface area contributed by atoms with Crippen molar-refractivity contribution in [2.45, 2.75) is 25.8 Å². The molecule has 3 rings (SSSR count). The van der Waals surface area contributed by atoms with Crippen LogP contribution >= 0.6 is 0 Å². The Kier molecular flexibility index (Phi) is 4.72. The molecule has 1 unspecified atom stereocenters. The minimum absolute atomic E-state index is 0.111. The van der Waals surface area contributed by atoms with Gasteiger partial charge in [-0.15, -0.1) is 0 Å². The number of anilines is 1. The maximum atomic E-state index is 12.5. The molecule has 23 heavy (non-hydrogen) atoms. The molecule has 2 heterocycles. The summed E-state index contributed by atoms with van der Waals surface area (Å²) in [7, 11) is 2.13. The fraction of sp³-hybridized carbons (Fsp3) is 0.368. The van der Waals surface area contributed by atoms with Crippen LogP contribution in [0, 0.1) is 0 Å². The lowest BCUT2D eigenvalue weighted by Gasteiger charge is -2.37. The molecule has 1 amide bonds. The molecule has 0 radical (unpaired) electrons. The van der Waals surface area contributed by atoms with Gasteiger partial charge in [0, 0.05) is 25.7 Å².